The van der Waals surface area contributed by atoms with E-state index in [4.69, 9.17) is 9.26 Å². The molecule has 0 radical (unpaired) electrons. The minimum absolute atomic E-state index is 0.529. The number of nitrogens with zero attached hydrogens (tertiary/aromatic N) is 4. The molecule has 0 amide bonds. The number of likely N-dealkylation sites (tertiary alicyclic amines) is 1. The Bertz CT molecular complexity index is 744. The molecule has 1 aromatic carbocycles. The third-order valence-corrected chi connectivity index (χ3v) is 6.33. The Labute approximate surface area is 174 Å². The molecule has 2 aliphatic rings. The summed E-state index contributed by atoms with van der Waals surface area (Å²) in [5, 5.41) is 4.19. The highest BCUT2D eigenvalue weighted by Crippen LogP contribution is 2.24. The van der Waals surface area contributed by atoms with Crippen molar-refractivity contribution in [1.82, 2.24) is 19.9 Å². The fourth-order valence-electron chi connectivity index (χ4n) is 4.27. The van der Waals surface area contributed by atoms with E-state index in [9.17, 15) is 0 Å². The van der Waals surface area contributed by atoms with Crippen LogP contribution in [0.1, 0.15) is 50.5 Å². The predicted molar refractivity (Wildman–Crippen MR) is 114 cm³/mol. The smallest absolute Gasteiger partial charge is 0.241 e. The van der Waals surface area contributed by atoms with Crippen LogP contribution < -0.4 is 0 Å². The minimum atomic E-state index is 0.529. The number of aromatic nitrogens is 2. The Morgan fingerprint density at radius 3 is 2.41 bits per heavy atom. The van der Waals surface area contributed by atoms with Gasteiger partial charge in [-0.25, -0.2) is 0 Å². The van der Waals surface area contributed by atoms with Crippen molar-refractivity contribution in [2.75, 3.05) is 45.9 Å². The molecule has 2 aliphatic heterocycles. The number of ether oxygens (including phenoxy) is 1. The van der Waals surface area contributed by atoms with Gasteiger partial charge < -0.3 is 9.26 Å². The van der Waals surface area contributed by atoms with Gasteiger partial charge in [0.05, 0.1) is 19.8 Å². The normalized spacial score (nSPS) is 19.8. The maximum atomic E-state index is 5.53. The number of rotatable bonds is 7. The summed E-state index contributed by atoms with van der Waals surface area (Å²) in [5.41, 5.74) is 2.35. The molecule has 0 atom stereocenters. The third-order valence-electron chi connectivity index (χ3n) is 6.33. The SMILES string of the molecule is CC(C)c1ccc(-c2noc(CN3CCC(CCN4CCOCC4)CC3)n2)cc1. The maximum absolute atomic E-state index is 5.53. The van der Waals surface area contributed by atoms with Gasteiger partial charge in [-0.05, 0) is 56.3 Å². The Hall–Kier alpha value is -1.76. The second-order valence-corrected chi connectivity index (χ2v) is 8.75. The average molecular weight is 399 g/mol. The number of benzene rings is 1. The molecule has 0 unspecified atom stereocenters. The number of hydrogen-bond donors (Lipinski definition) is 0. The van der Waals surface area contributed by atoms with Gasteiger partial charge in [-0.15, -0.1) is 0 Å². The van der Waals surface area contributed by atoms with E-state index in [1.54, 1.807) is 0 Å². The Balaban J connectivity index is 1.22. The lowest BCUT2D eigenvalue weighted by atomic mass is 9.93. The molecule has 3 heterocycles. The lowest BCUT2D eigenvalue weighted by Gasteiger charge is -2.33. The van der Waals surface area contributed by atoms with Crippen LogP contribution in [0.25, 0.3) is 11.4 Å². The van der Waals surface area contributed by atoms with Gasteiger partial charge in [0, 0.05) is 18.7 Å². The molecule has 4 rings (SSSR count). The second-order valence-electron chi connectivity index (χ2n) is 8.75. The van der Waals surface area contributed by atoms with Gasteiger partial charge in [0.1, 0.15) is 0 Å². The molecule has 2 fully saturated rings. The maximum Gasteiger partial charge on any atom is 0.241 e. The number of piperidine rings is 1. The topological polar surface area (TPSA) is 54.6 Å². The van der Waals surface area contributed by atoms with E-state index in [1.807, 2.05) is 0 Å². The largest absolute Gasteiger partial charge is 0.379 e. The first kappa shape index (κ1) is 20.5. The van der Waals surface area contributed by atoms with Gasteiger partial charge in [-0.1, -0.05) is 43.3 Å². The molecule has 6 heteroatoms. The fourth-order valence-corrected chi connectivity index (χ4v) is 4.27. The van der Waals surface area contributed by atoms with Crippen LogP contribution in [0.4, 0.5) is 0 Å². The van der Waals surface area contributed by atoms with Crippen molar-refractivity contribution in [1.29, 1.82) is 0 Å². The van der Waals surface area contributed by atoms with Crippen LogP contribution in [-0.4, -0.2) is 65.9 Å². The first-order valence-corrected chi connectivity index (χ1v) is 11.1. The summed E-state index contributed by atoms with van der Waals surface area (Å²) in [4.78, 5) is 9.62. The van der Waals surface area contributed by atoms with Crippen LogP contribution >= 0.6 is 0 Å². The van der Waals surface area contributed by atoms with Crippen LogP contribution in [0.15, 0.2) is 28.8 Å². The summed E-state index contributed by atoms with van der Waals surface area (Å²) in [5.74, 6) is 2.78. The Morgan fingerprint density at radius 1 is 1.00 bits per heavy atom. The van der Waals surface area contributed by atoms with Crippen molar-refractivity contribution in [2.45, 2.75) is 45.6 Å². The lowest BCUT2D eigenvalue weighted by molar-refractivity contribution is 0.0333. The standard InChI is InChI=1S/C23H34N4O2/c1-18(2)20-3-5-21(6-4-20)23-24-22(29-25-23)17-27-11-8-19(9-12-27)7-10-26-13-15-28-16-14-26/h3-6,18-19H,7-17H2,1-2H3. The van der Waals surface area contributed by atoms with Gasteiger partial charge in [0.2, 0.25) is 11.7 Å². The monoisotopic (exact) mass is 398 g/mol. The van der Waals surface area contributed by atoms with Gasteiger partial charge >= 0.3 is 0 Å². The van der Waals surface area contributed by atoms with Crippen molar-refractivity contribution < 1.29 is 9.26 Å². The van der Waals surface area contributed by atoms with Crippen LogP contribution in [0.5, 0.6) is 0 Å². The zero-order valence-electron chi connectivity index (χ0n) is 17.8. The van der Waals surface area contributed by atoms with Gasteiger partial charge in [0.25, 0.3) is 0 Å². The molecule has 158 valence electrons. The van der Waals surface area contributed by atoms with Crippen molar-refractivity contribution in [2.24, 2.45) is 5.92 Å². The van der Waals surface area contributed by atoms with E-state index in [2.05, 4.69) is 58.1 Å². The predicted octanol–water partition coefficient (Wildman–Crippen LogP) is 3.79. The highest BCUT2D eigenvalue weighted by molar-refractivity contribution is 5.54. The summed E-state index contributed by atoms with van der Waals surface area (Å²) in [6.45, 7) is 12.6. The molecule has 0 saturated carbocycles. The van der Waals surface area contributed by atoms with Crippen LogP contribution in [0.3, 0.4) is 0 Å². The highest BCUT2D eigenvalue weighted by atomic mass is 16.5. The number of morpholine rings is 1. The molecule has 1 aromatic heterocycles. The van der Waals surface area contributed by atoms with Crippen molar-refractivity contribution >= 4 is 0 Å². The zero-order chi connectivity index (χ0) is 20.1. The van der Waals surface area contributed by atoms with Crippen molar-refractivity contribution in [3.8, 4) is 11.4 Å². The molecule has 0 bridgehead atoms. The molecular weight excluding hydrogens is 364 g/mol. The summed E-state index contributed by atoms with van der Waals surface area (Å²) in [6.07, 6.45) is 3.84. The van der Waals surface area contributed by atoms with E-state index < -0.39 is 0 Å². The molecule has 29 heavy (non-hydrogen) atoms. The quantitative estimate of drug-likeness (QED) is 0.707. The van der Waals surface area contributed by atoms with Crippen LogP contribution in [0.2, 0.25) is 0 Å². The van der Waals surface area contributed by atoms with E-state index in [0.29, 0.717) is 11.7 Å². The van der Waals surface area contributed by atoms with E-state index in [-0.39, 0.29) is 0 Å². The third kappa shape index (κ3) is 5.65. The first-order valence-electron chi connectivity index (χ1n) is 11.1. The summed E-state index contributed by atoms with van der Waals surface area (Å²) in [6, 6.07) is 8.48. The van der Waals surface area contributed by atoms with Gasteiger partial charge in [-0.2, -0.15) is 4.98 Å². The molecule has 6 nitrogen and oxygen atoms in total. The van der Waals surface area contributed by atoms with Crippen molar-refractivity contribution in [3.63, 3.8) is 0 Å². The van der Waals surface area contributed by atoms with E-state index >= 15 is 0 Å². The summed E-state index contributed by atoms with van der Waals surface area (Å²) in [7, 11) is 0. The Kier molecular flexibility index (Phi) is 6.95. The molecule has 0 spiro atoms. The summed E-state index contributed by atoms with van der Waals surface area (Å²) >= 11 is 0. The van der Waals surface area contributed by atoms with E-state index in [0.717, 1.165) is 63.3 Å². The van der Waals surface area contributed by atoms with Gasteiger partial charge in [-0.3, -0.25) is 9.80 Å². The molecule has 0 N–H and O–H groups in total. The van der Waals surface area contributed by atoms with Gasteiger partial charge in [0.15, 0.2) is 0 Å². The number of hydrogen-bond acceptors (Lipinski definition) is 6. The van der Waals surface area contributed by atoms with E-state index in [1.165, 1.54) is 31.4 Å². The molecule has 0 aliphatic carbocycles. The Morgan fingerprint density at radius 2 is 1.72 bits per heavy atom. The molecule has 2 saturated heterocycles. The fraction of sp³-hybridized carbons (Fsp3) is 0.652. The van der Waals surface area contributed by atoms with Crippen molar-refractivity contribution in [3.05, 3.63) is 35.7 Å². The first-order chi connectivity index (χ1) is 14.2. The lowest BCUT2D eigenvalue weighted by Crippen LogP contribution is -2.39. The highest BCUT2D eigenvalue weighted by Gasteiger charge is 2.22. The average Bonchev–Trinajstić information content (AvgIpc) is 3.22. The summed E-state index contributed by atoms with van der Waals surface area (Å²) < 4.78 is 11.0. The molecule has 2 aromatic rings. The van der Waals surface area contributed by atoms with Crippen LogP contribution in [-0.2, 0) is 11.3 Å². The van der Waals surface area contributed by atoms with Crippen LogP contribution in [0, 0.1) is 5.92 Å². The zero-order valence-corrected chi connectivity index (χ0v) is 17.8. The minimum Gasteiger partial charge on any atom is -0.379 e. The molecular formula is C23H34N4O2. The second kappa shape index (κ2) is 9.83.